The van der Waals surface area contributed by atoms with Gasteiger partial charge in [0.15, 0.2) is 5.78 Å². The van der Waals surface area contributed by atoms with Crippen LogP contribution >= 0.6 is 0 Å². The number of ketones is 1. The van der Waals surface area contributed by atoms with Crippen LogP contribution in [0.25, 0.3) is 0 Å². The molecule has 1 saturated heterocycles. The van der Waals surface area contributed by atoms with Gasteiger partial charge in [-0.2, -0.15) is 0 Å². The van der Waals surface area contributed by atoms with Crippen molar-refractivity contribution >= 4 is 23.7 Å². The van der Waals surface area contributed by atoms with Crippen LogP contribution in [-0.4, -0.2) is 135 Å². The van der Waals surface area contributed by atoms with E-state index in [2.05, 4.69) is 0 Å². The standard InChI is InChI=1S/C23H42N4O7/c1-15(2)20(28)16(3)24-7-9-25(17(4)21(29)30)11-13-27(19(6)23(33)34)14-12-26(10-8-24)18(5)22(31)32/h15-19H,7-14H2,1-6H3,(H,29,30)(H,31,32)(H,33,34). The van der Waals surface area contributed by atoms with Gasteiger partial charge in [0.1, 0.15) is 18.1 Å². The van der Waals surface area contributed by atoms with Crippen LogP contribution < -0.4 is 0 Å². The smallest absolute Gasteiger partial charge is 0.320 e. The molecular weight excluding hydrogens is 444 g/mol. The minimum absolute atomic E-state index is 0.0734. The predicted molar refractivity (Wildman–Crippen MR) is 127 cm³/mol. The predicted octanol–water partition coefficient (Wildman–Crippen LogP) is 0.241. The van der Waals surface area contributed by atoms with E-state index in [1.165, 1.54) is 0 Å². The van der Waals surface area contributed by atoms with Crippen molar-refractivity contribution < 1.29 is 34.5 Å². The van der Waals surface area contributed by atoms with Crippen LogP contribution in [0.15, 0.2) is 0 Å². The van der Waals surface area contributed by atoms with Crippen LogP contribution in [0.3, 0.4) is 0 Å². The number of aliphatic carboxylic acids is 3. The van der Waals surface area contributed by atoms with E-state index in [1.807, 2.05) is 25.7 Å². The largest absolute Gasteiger partial charge is 0.480 e. The molecule has 34 heavy (non-hydrogen) atoms. The van der Waals surface area contributed by atoms with Crippen LogP contribution in [-0.2, 0) is 19.2 Å². The van der Waals surface area contributed by atoms with E-state index in [4.69, 9.17) is 0 Å². The average Bonchev–Trinajstić information content (AvgIpc) is 2.76. The molecular formula is C23H42N4O7. The van der Waals surface area contributed by atoms with Gasteiger partial charge in [0, 0.05) is 58.3 Å². The molecule has 0 saturated carbocycles. The molecule has 1 aliphatic rings. The Morgan fingerprint density at radius 2 is 0.676 bits per heavy atom. The fourth-order valence-corrected chi connectivity index (χ4v) is 4.15. The zero-order chi connectivity index (χ0) is 26.2. The van der Waals surface area contributed by atoms with Gasteiger partial charge in [0.2, 0.25) is 0 Å². The van der Waals surface area contributed by atoms with E-state index in [9.17, 15) is 34.5 Å². The van der Waals surface area contributed by atoms with Crippen LogP contribution in [0.4, 0.5) is 0 Å². The summed E-state index contributed by atoms with van der Waals surface area (Å²) in [5.74, 6) is -3.02. The molecule has 4 atom stereocenters. The van der Waals surface area contributed by atoms with Gasteiger partial charge in [-0.25, -0.2) is 0 Å². The monoisotopic (exact) mass is 486 g/mol. The Bertz CT molecular complexity index is 681. The Morgan fingerprint density at radius 1 is 0.471 bits per heavy atom. The highest BCUT2D eigenvalue weighted by Gasteiger charge is 2.30. The molecule has 1 rings (SSSR count). The molecule has 0 aromatic heterocycles. The molecule has 1 fully saturated rings. The third kappa shape index (κ3) is 8.61. The molecule has 1 aliphatic heterocycles. The lowest BCUT2D eigenvalue weighted by Crippen LogP contribution is -2.55. The van der Waals surface area contributed by atoms with Crippen molar-refractivity contribution in [2.75, 3.05) is 52.4 Å². The Hall–Kier alpha value is -2.08. The van der Waals surface area contributed by atoms with Crippen molar-refractivity contribution in [3.05, 3.63) is 0 Å². The summed E-state index contributed by atoms with van der Waals surface area (Å²) in [6.45, 7) is 13.2. The van der Waals surface area contributed by atoms with Crippen molar-refractivity contribution in [1.29, 1.82) is 0 Å². The highest BCUT2D eigenvalue weighted by Crippen LogP contribution is 2.12. The number of Topliss-reactive ketones (excluding diaryl/α,β-unsaturated/α-hetero) is 1. The van der Waals surface area contributed by atoms with E-state index in [-0.39, 0.29) is 11.7 Å². The maximum absolute atomic E-state index is 12.7. The van der Waals surface area contributed by atoms with Gasteiger partial charge in [0.05, 0.1) is 6.04 Å². The second-order valence-corrected chi connectivity index (χ2v) is 9.42. The Balaban J connectivity index is 3.26. The van der Waals surface area contributed by atoms with Crippen molar-refractivity contribution in [1.82, 2.24) is 19.6 Å². The molecule has 196 valence electrons. The number of carbonyl (C=O) groups excluding carboxylic acids is 1. The lowest BCUT2D eigenvalue weighted by Gasteiger charge is -2.38. The Labute approximate surface area is 202 Å². The summed E-state index contributed by atoms with van der Waals surface area (Å²) >= 11 is 0. The van der Waals surface area contributed by atoms with Crippen LogP contribution in [0.5, 0.6) is 0 Å². The number of rotatable bonds is 9. The number of carbonyl (C=O) groups is 4. The summed E-state index contributed by atoms with van der Waals surface area (Å²) in [5, 5.41) is 28.7. The van der Waals surface area contributed by atoms with Crippen LogP contribution in [0.2, 0.25) is 0 Å². The first-order chi connectivity index (χ1) is 15.8. The maximum atomic E-state index is 12.7. The molecule has 0 amide bonds. The van der Waals surface area contributed by atoms with Crippen molar-refractivity contribution in [2.24, 2.45) is 5.92 Å². The fourth-order valence-electron chi connectivity index (χ4n) is 4.15. The van der Waals surface area contributed by atoms with Gasteiger partial charge in [-0.15, -0.1) is 0 Å². The summed E-state index contributed by atoms with van der Waals surface area (Å²) < 4.78 is 0. The van der Waals surface area contributed by atoms with Gasteiger partial charge in [-0.1, -0.05) is 13.8 Å². The SMILES string of the molecule is CC(C)C(=O)C(C)N1CCN(C(C)C(=O)O)CCN(C(C)C(=O)O)CCN(C(C)C(=O)O)CC1. The second-order valence-electron chi connectivity index (χ2n) is 9.42. The maximum Gasteiger partial charge on any atom is 0.320 e. The molecule has 0 aromatic rings. The average molecular weight is 487 g/mol. The molecule has 4 unspecified atom stereocenters. The number of hydrogen-bond acceptors (Lipinski definition) is 8. The number of hydrogen-bond donors (Lipinski definition) is 3. The van der Waals surface area contributed by atoms with Gasteiger partial charge >= 0.3 is 17.9 Å². The quantitative estimate of drug-likeness (QED) is 0.412. The first-order valence-electron chi connectivity index (χ1n) is 12.0. The summed E-state index contributed by atoms with van der Waals surface area (Å²) in [7, 11) is 0. The molecule has 0 bridgehead atoms. The van der Waals surface area contributed by atoms with E-state index in [1.54, 1.807) is 35.5 Å². The van der Waals surface area contributed by atoms with Crippen molar-refractivity contribution in [2.45, 2.75) is 65.7 Å². The molecule has 0 spiro atoms. The van der Waals surface area contributed by atoms with E-state index >= 15 is 0 Å². The lowest BCUT2D eigenvalue weighted by molar-refractivity contribution is -0.146. The molecule has 0 radical (unpaired) electrons. The number of carboxylic acid groups (broad SMARTS) is 3. The minimum atomic E-state index is -0.991. The number of carboxylic acids is 3. The lowest BCUT2D eigenvalue weighted by atomic mass is 10.0. The van der Waals surface area contributed by atoms with E-state index in [0.29, 0.717) is 52.4 Å². The summed E-state index contributed by atoms with van der Waals surface area (Å²) in [6, 6.07) is -2.74. The van der Waals surface area contributed by atoms with Crippen LogP contribution in [0, 0.1) is 5.92 Å². The Morgan fingerprint density at radius 3 is 0.853 bits per heavy atom. The highest BCUT2D eigenvalue weighted by molar-refractivity contribution is 5.85. The van der Waals surface area contributed by atoms with Gasteiger partial charge in [-0.05, 0) is 27.7 Å². The fraction of sp³-hybridized carbons (Fsp3) is 0.826. The third-order valence-corrected chi connectivity index (χ3v) is 6.94. The molecule has 0 aromatic carbocycles. The topological polar surface area (TPSA) is 142 Å². The second kappa shape index (κ2) is 13.7. The molecule has 0 aliphatic carbocycles. The molecule has 1 heterocycles. The van der Waals surface area contributed by atoms with Crippen molar-refractivity contribution in [3.8, 4) is 0 Å². The molecule has 11 heteroatoms. The van der Waals surface area contributed by atoms with E-state index < -0.39 is 42.1 Å². The van der Waals surface area contributed by atoms with Crippen molar-refractivity contribution in [3.63, 3.8) is 0 Å². The highest BCUT2D eigenvalue weighted by atomic mass is 16.4. The Kier molecular flexibility index (Phi) is 12.1. The minimum Gasteiger partial charge on any atom is -0.480 e. The van der Waals surface area contributed by atoms with Gasteiger partial charge in [-0.3, -0.25) is 38.8 Å². The zero-order valence-corrected chi connectivity index (χ0v) is 21.3. The van der Waals surface area contributed by atoms with Crippen LogP contribution in [0.1, 0.15) is 41.5 Å². The van der Waals surface area contributed by atoms with Gasteiger partial charge < -0.3 is 15.3 Å². The first kappa shape index (κ1) is 30.0. The van der Waals surface area contributed by atoms with E-state index in [0.717, 1.165) is 0 Å². The first-order valence-corrected chi connectivity index (χ1v) is 12.0. The third-order valence-electron chi connectivity index (χ3n) is 6.94. The summed E-state index contributed by atoms with van der Waals surface area (Å²) in [4.78, 5) is 55.1. The number of nitrogens with zero attached hydrogens (tertiary/aromatic N) is 4. The summed E-state index contributed by atoms with van der Waals surface area (Å²) in [6.07, 6.45) is 0. The normalized spacial score (nSPS) is 22.2. The molecule has 11 nitrogen and oxygen atoms in total. The van der Waals surface area contributed by atoms with Gasteiger partial charge in [0.25, 0.3) is 0 Å². The zero-order valence-electron chi connectivity index (χ0n) is 21.3. The molecule has 3 N–H and O–H groups in total. The summed E-state index contributed by atoms with van der Waals surface area (Å²) in [5.41, 5.74) is 0.